The van der Waals surface area contributed by atoms with Gasteiger partial charge in [-0.25, -0.2) is 4.98 Å². The Morgan fingerprint density at radius 2 is 2.00 bits per heavy atom. The Balaban J connectivity index is 1.61. The average Bonchev–Trinajstić information content (AvgIpc) is 3.19. The van der Waals surface area contributed by atoms with Crippen molar-refractivity contribution in [1.82, 2.24) is 24.5 Å². The van der Waals surface area contributed by atoms with E-state index in [0.717, 1.165) is 69.1 Å². The van der Waals surface area contributed by atoms with Crippen LogP contribution in [0.1, 0.15) is 18.7 Å². The molecule has 10 heteroatoms. The Hall–Kier alpha value is -2.69. The van der Waals surface area contributed by atoms with Gasteiger partial charge in [0.1, 0.15) is 12.4 Å². The standard InChI is InChI=1S/C21H31N7O3/c1-15-25-26-21-20(23-6-4-3-5-22)24-16-13-19(18(29-2)14-17(16)28(15)21)31-12-9-27-7-10-30-11-8-27/h13-14H,3-12,22H2,1-2H3,(H,23,24). The maximum atomic E-state index is 6.09. The summed E-state index contributed by atoms with van der Waals surface area (Å²) in [6, 6.07) is 3.87. The molecule has 1 aliphatic heterocycles. The van der Waals surface area contributed by atoms with Crippen LogP contribution in [0.15, 0.2) is 12.1 Å². The van der Waals surface area contributed by atoms with Crippen molar-refractivity contribution in [3.05, 3.63) is 18.0 Å². The first-order valence-electron chi connectivity index (χ1n) is 10.8. The highest BCUT2D eigenvalue weighted by Gasteiger charge is 2.17. The summed E-state index contributed by atoms with van der Waals surface area (Å²) < 4.78 is 19.1. The first-order valence-corrected chi connectivity index (χ1v) is 10.8. The number of nitrogens with one attached hydrogen (secondary N) is 1. The SMILES string of the molecule is COc1cc2c(cc1OCCN1CCOCC1)nc(NCCCCN)c1nnc(C)n12. The summed E-state index contributed by atoms with van der Waals surface area (Å²) in [5.74, 6) is 2.83. The molecule has 0 spiro atoms. The van der Waals surface area contributed by atoms with Gasteiger partial charge in [0.2, 0.25) is 5.65 Å². The first-order chi connectivity index (χ1) is 15.2. The smallest absolute Gasteiger partial charge is 0.204 e. The van der Waals surface area contributed by atoms with Gasteiger partial charge in [-0.05, 0) is 26.3 Å². The molecular formula is C21H31N7O3. The second-order valence-corrected chi connectivity index (χ2v) is 7.58. The van der Waals surface area contributed by atoms with Gasteiger partial charge in [-0.3, -0.25) is 9.30 Å². The summed E-state index contributed by atoms with van der Waals surface area (Å²) in [6.07, 6.45) is 1.93. The molecule has 0 unspecified atom stereocenters. The van der Waals surface area contributed by atoms with Crippen LogP contribution in [-0.4, -0.2) is 84.1 Å². The number of aryl methyl sites for hydroxylation is 1. The van der Waals surface area contributed by atoms with E-state index in [1.807, 2.05) is 23.5 Å². The van der Waals surface area contributed by atoms with Gasteiger partial charge in [0.05, 0.1) is 31.4 Å². The number of morpholine rings is 1. The number of benzene rings is 1. The highest BCUT2D eigenvalue weighted by molar-refractivity contribution is 5.85. The summed E-state index contributed by atoms with van der Waals surface area (Å²) in [5, 5.41) is 12.0. The molecule has 10 nitrogen and oxygen atoms in total. The number of unbranched alkanes of at least 4 members (excludes halogenated alkanes) is 1. The van der Waals surface area contributed by atoms with Crippen LogP contribution in [-0.2, 0) is 4.74 Å². The summed E-state index contributed by atoms with van der Waals surface area (Å²) in [5.41, 5.74) is 7.97. The molecule has 0 amide bonds. The van der Waals surface area contributed by atoms with Crippen LogP contribution in [0.25, 0.3) is 16.7 Å². The van der Waals surface area contributed by atoms with E-state index in [9.17, 15) is 0 Å². The van der Waals surface area contributed by atoms with Crippen molar-refractivity contribution in [3.8, 4) is 11.5 Å². The third-order valence-electron chi connectivity index (χ3n) is 5.46. The quantitative estimate of drug-likeness (QED) is 0.463. The summed E-state index contributed by atoms with van der Waals surface area (Å²) >= 11 is 0. The number of nitrogens with two attached hydrogens (primary N) is 1. The van der Waals surface area contributed by atoms with Crippen LogP contribution in [0, 0.1) is 6.92 Å². The number of anilines is 1. The molecule has 3 N–H and O–H groups in total. The van der Waals surface area contributed by atoms with Crippen molar-refractivity contribution < 1.29 is 14.2 Å². The molecule has 1 aliphatic rings. The van der Waals surface area contributed by atoms with Gasteiger partial charge in [-0.15, -0.1) is 10.2 Å². The van der Waals surface area contributed by atoms with Crippen molar-refractivity contribution in [2.75, 3.05) is 65.0 Å². The second kappa shape index (κ2) is 10.1. The number of hydrogen-bond acceptors (Lipinski definition) is 9. The van der Waals surface area contributed by atoms with Gasteiger partial charge in [0.25, 0.3) is 0 Å². The van der Waals surface area contributed by atoms with Gasteiger partial charge in [0.15, 0.2) is 17.3 Å². The minimum atomic E-state index is 0.569. The topological polar surface area (TPSA) is 112 Å². The summed E-state index contributed by atoms with van der Waals surface area (Å²) in [4.78, 5) is 7.16. The number of methoxy groups -OCH3 is 1. The first kappa shape index (κ1) is 21.5. The zero-order chi connectivity index (χ0) is 21.6. The Morgan fingerprint density at radius 3 is 2.77 bits per heavy atom. The third-order valence-corrected chi connectivity index (χ3v) is 5.46. The van der Waals surface area contributed by atoms with Gasteiger partial charge in [-0.1, -0.05) is 0 Å². The Morgan fingerprint density at radius 1 is 1.16 bits per heavy atom. The fourth-order valence-electron chi connectivity index (χ4n) is 3.76. The second-order valence-electron chi connectivity index (χ2n) is 7.58. The van der Waals surface area contributed by atoms with Crippen molar-refractivity contribution in [3.63, 3.8) is 0 Å². The highest BCUT2D eigenvalue weighted by Crippen LogP contribution is 2.33. The minimum Gasteiger partial charge on any atom is -0.493 e. The van der Waals surface area contributed by atoms with Crippen molar-refractivity contribution in [2.45, 2.75) is 19.8 Å². The maximum Gasteiger partial charge on any atom is 0.204 e. The predicted molar refractivity (Wildman–Crippen MR) is 119 cm³/mol. The van der Waals surface area contributed by atoms with Gasteiger partial charge in [0, 0.05) is 38.3 Å². The number of nitrogens with zero attached hydrogens (tertiary/aromatic N) is 5. The Kier molecular flexibility index (Phi) is 7.00. The number of ether oxygens (including phenoxy) is 3. The van der Waals surface area contributed by atoms with Crippen LogP contribution in [0.3, 0.4) is 0 Å². The number of fused-ring (bicyclic) bond motifs is 3. The molecule has 3 heterocycles. The molecule has 1 fully saturated rings. The number of hydrogen-bond donors (Lipinski definition) is 2. The largest absolute Gasteiger partial charge is 0.493 e. The predicted octanol–water partition coefficient (Wildman–Crippen LogP) is 1.46. The minimum absolute atomic E-state index is 0.569. The molecule has 0 bridgehead atoms. The lowest BCUT2D eigenvalue weighted by atomic mass is 10.2. The van der Waals surface area contributed by atoms with Crippen LogP contribution in [0.5, 0.6) is 11.5 Å². The molecule has 0 radical (unpaired) electrons. The zero-order valence-electron chi connectivity index (χ0n) is 18.3. The van der Waals surface area contributed by atoms with Crippen LogP contribution in [0.2, 0.25) is 0 Å². The lowest BCUT2D eigenvalue weighted by Gasteiger charge is -2.26. The molecule has 31 heavy (non-hydrogen) atoms. The summed E-state index contributed by atoms with van der Waals surface area (Å²) in [6.45, 7) is 8.21. The Bertz CT molecular complexity index is 1020. The van der Waals surface area contributed by atoms with E-state index in [0.29, 0.717) is 36.1 Å². The zero-order valence-corrected chi connectivity index (χ0v) is 18.3. The molecule has 2 aromatic heterocycles. The van der Waals surface area contributed by atoms with E-state index in [1.54, 1.807) is 7.11 Å². The molecule has 168 valence electrons. The van der Waals surface area contributed by atoms with Gasteiger partial charge in [-0.2, -0.15) is 0 Å². The molecule has 4 rings (SSSR count). The number of aromatic nitrogens is 4. The molecule has 0 atom stereocenters. The molecule has 1 saturated heterocycles. The van der Waals surface area contributed by atoms with E-state index in [1.165, 1.54) is 0 Å². The average molecular weight is 430 g/mol. The van der Waals surface area contributed by atoms with Gasteiger partial charge < -0.3 is 25.3 Å². The van der Waals surface area contributed by atoms with Crippen molar-refractivity contribution >= 4 is 22.5 Å². The van der Waals surface area contributed by atoms with E-state index in [2.05, 4.69) is 20.4 Å². The molecular weight excluding hydrogens is 398 g/mol. The monoisotopic (exact) mass is 429 g/mol. The fraction of sp³-hybridized carbons (Fsp3) is 0.571. The third kappa shape index (κ3) is 4.81. The van der Waals surface area contributed by atoms with E-state index in [4.69, 9.17) is 24.9 Å². The van der Waals surface area contributed by atoms with Crippen LogP contribution < -0.4 is 20.5 Å². The van der Waals surface area contributed by atoms with E-state index >= 15 is 0 Å². The van der Waals surface area contributed by atoms with Crippen LogP contribution in [0.4, 0.5) is 5.82 Å². The molecule has 0 saturated carbocycles. The highest BCUT2D eigenvalue weighted by atomic mass is 16.5. The van der Waals surface area contributed by atoms with Crippen molar-refractivity contribution in [2.24, 2.45) is 5.73 Å². The lowest BCUT2D eigenvalue weighted by Crippen LogP contribution is -2.38. The van der Waals surface area contributed by atoms with Crippen LogP contribution >= 0.6 is 0 Å². The Labute approximate surface area is 181 Å². The molecule has 0 aliphatic carbocycles. The van der Waals surface area contributed by atoms with Crippen molar-refractivity contribution in [1.29, 1.82) is 0 Å². The van der Waals surface area contributed by atoms with E-state index in [-0.39, 0.29) is 0 Å². The van der Waals surface area contributed by atoms with Gasteiger partial charge >= 0.3 is 0 Å². The molecule has 1 aromatic carbocycles. The fourth-order valence-corrected chi connectivity index (χ4v) is 3.76. The maximum absolute atomic E-state index is 6.09. The molecule has 3 aromatic rings. The normalized spacial score (nSPS) is 14.9. The summed E-state index contributed by atoms with van der Waals surface area (Å²) in [7, 11) is 1.65. The number of rotatable bonds is 10. The van der Waals surface area contributed by atoms with E-state index < -0.39 is 0 Å². The lowest BCUT2D eigenvalue weighted by molar-refractivity contribution is 0.0321.